The van der Waals surface area contributed by atoms with E-state index in [0.717, 1.165) is 11.1 Å². The molecule has 0 spiro atoms. The Morgan fingerprint density at radius 2 is 1.93 bits per heavy atom. The fourth-order valence-electron chi connectivity index (χ4n) is 3.66. The van der Waals surface area contributed by atoms with Crippen molar-refractivity contribution in [2.45, 2.75) is 25.1 Å². The Bertz CT molecular complexity index is 991. The van der Waals surface area contributed by atoms with Gasteiger partial charge in [0, 0.05) is 23.7 Å². The number of ether oxygens (including phenoxy) is 2. The van der Waals surface area contributed by atoms with Gasteiger partial charge in [0.15, 0.2) is 11.5 Å². The number of β-amino-alcohol motifs (C(OH)–C–C–N with tert-alkyl or cyclic N) is 1. The molecule has 2 aromatic carbocycles. The van der Waals surface area contributed by atoms with Crippen LogP contribution in [-0.4, -0.2) is 39.6 Å². The van der Waals surface area contributed by atoms with E-state index < -0.39 is 6.10 Å². The summed E-state index contributed by atoms with van der Waals surface area (Å²) in [5.74, 6) is 2.37. The van der Waals surface area contributed by atoms with Crippen molar-refractivity contribution >= 4 is 11.6 Å². The van der Waals surface area contributed by atoms with Gasteiger partial charge in [-0.05, 0) is 42.3 Å². The molecule has 1 N–H and O–H groups in total. The number of likely N-dealkylation sites (tertiary alicyclic amines) is 1. The maximum atomic E-state index is 10.2. The number of rotatable bonds is 4. The van der Waals surface area contributed by atoms with E-state index >= 15 is 0 Å². The summed E-state index contributed by atoms with van der Waals surface area (Å²) in [6.45, 7) is 1.44. The summed E-state index contributed by atoms with van der Waals surface area (Å²) in [6.07, 6.45) is 0.120. The SMILES string of the molecule is OC1CC(c2nc(-c3ccc4c(c3)OCO4)no2)N(Cc2ccc(Cl)cc2)C1. The van der Waals surface area contributed by atoms with Crippen LogP contribution in [0.25, 0.3) is 11.4 Å². The first-order valence-corrected chi connectivity index (χ1v) is 9.44. The molecule has 7 nitrogen and oxygen atoms in total. The molecule has 0 radical (unpaired) electrons. The summed E-state index contributed by atoms with van der Waals surface area (Å²) in [5.41, 5.74) is 1.90. The van der Waals surface area contributed by atoms with Crippen molar-refractivity contribution in [3.8, 4) is 22.9 Å². The normalized spacial score (nSPS) is 21.4. The second-order valence-electron chi connectivity index (χ2n) is 6.99. The molecule has 1 aromatic heterocycles. The van der Waals surface area contributed by atoms with Gasteiger partial charge >= 0.3 is 0 Å². The predicted molar refractivity (Wildman–Crippen MR) is 101 cm³/mol. The van der Waals surface area contributed by atoms with Crippen LogP contribution < -0.4 is 9.47 Å². The molecular formula is C20H18ClN3O4. The van der Waals surface area contributed by atoms with Gasteiger partial charge in [-0.1, -0.05) is 28.9 Å². The van der Waals surface area contributed by atoms with Crippen LogP contribution in [0.4, 0.5) is 0 Å². The lowest BCUT2D eigenvalue weighted by Gasteiger charge is -2.21. The van der Waals surface area contributed by atoms with Crippen molar-refractivity contribution in [3.63, 3.8) is 0 Å². The molecule has 2 unspecified atom stereocenters. The summed E-state index contributed by atoms with van der Waals surface area (Å²) >= 11 is 5.97. The number of fused-ring (bicyclic) bond motifs is 1. The minimum Gasteiger partial charge on any atom is -0.454 e. The zero-order valence-electron chi connectivity index (χ0n) is 14.9. The van der Waals surface area contributed by atoms with Crippen LogP contribution in [0.3, 0.4) is 0 Å². The number of benzene rings is 2. The average Bonchev–Trinajstić information content (AvgIpc) is 3.42. The van der Waals surface area contributed by atoms with Crippen molar-refractivity contribution in [3.05, 3.63) is 58.9 Å². The number of aromatic nitrogens is 2. The standard InChI is InChI=1S/C20H18ClN3O4/c21-14-4-1-12(2-5-14)9-24-10-15(25)8-16(24)20-22-19(23-28-20)13-3-6-17-18(7-13)27-11-26-17/h1-7,15-16,25H,8-11H2. The number of nitrogens with zero attached hydrogens (tertiary/aromatic N) is 3. The fourth-order valence-corrected chi connectivity index (χ4v) is 3.78. The first-order valence-electron chi connectivity index (χ1n) is 9.06. The van der Waals surface area contributed by atoms with Crippen molar-refractivity contribution in [2.75, 3.05) is 13.3 Å². The molecule has 2 aliphatic rings. The molecule has 0 saturated carbocycles. The number of aliphatic hydroxyl groups excluding tert-OH is 1. The van der Waals surface area contributed by atoms with E-state index in [-0.39, 0.29) is 12.8 Å². The largest absolute Gasteiger partial charge is 0.454 e. The summed E-state index contributed by atoms with van der Waals surface area (Å²) in [6, 6.07) is 13.1. The molecule has 28 heavy (non-hydrogen) atoms. The highest BCUT2D eigenvalue weighted by atomic mass is 35.5. The Kier molecular flexibility index (Phi) is 4.43. The highest BCUT2D eigenvalue weighted by Gasteiger charge is 2.36. The highest BCUT2D eigenvalue weighted by molar-refractivity contribution is 6.30. The molecule has 3 heterocycles. The third kappa shape index (κ3) is 3.32. The third-order valence-electron chi connectivity index (χ3n) is 5.04. The number of halogens is 1. The van der Waals surface area contributed by atoms with Crippen LogP contribution >= 0.6 is 11.6 Å². The minimum atomic E-state index is -0.432. The maximum Gasteiger partial charge on any atom is 0.244 e. The van der Waals surface area contributed by atoms with Crippen LogP contribution in [0, 0.1) is 0 Å². The summed E-state index contributed by atoms with van der Waals surface area (Å²) < 4.78 is 16.3. The van der Waals surface area contributed by atoms with Gasteiger partial charge in [-0.2, -0.15) is 4.98 Å². The van der Waals surface area contributed by atoms with E-state index in [2.05, 4.69) is 15.0 Å². The van der Waals surface area contributed by atoms with Crippen LogP contribution in [0.2, 0.25) is 5.02 Å². The number of aliphatic hydroxyl groups is 1. The number of hydrogen-bond acceptors (Lipinski definition) is 7. The van der Waals surface area contributed by atoms with Gasteiger partial charge in [0.2, 0.25) is 18.5 Å². The van der Waals surface area contributed by atoms with Gasteiger partial charge in [-0.15, -0.1) is 0 Å². The quantitative estimate of drug-likeness (QED) is 0.719. The van der Waals surface area contributed by atoms with E-state index in [1.54, 1.807) is 0 Å². The van der Waals surface area contributed by atoms with Crippen molar-refractivity contribution < 1.29 is 19.1 Å². The summed E-state index contributed by atoms with van der Waals surface area (Å²) in [5, 5.41) is 15.0. The lowest BCUT2D eigenvalue weighted by Crippen LogP contribution is -2.24. The Morgan fingerprint density at radius 1 is 1.11 bits per heavy atom. The monoisotopic (exact) mass is 399 g/mol. The molecule has 1 saturated heterocycles. The van der Waals surface area contributed by atoms with Crippen molar-refractivity contribution in [2.24, 2.45) is 0 Å². The van der Waals surface area contributed by atoms with Crippen LogP contribution in [0.15, 0.2) is 47.0 Å². The lowest BCUT2D eigenvalue weighted by atomic mass is 10.1. The van der Waals surface area contributed by atoms with Crippen LogP contribution in [-0.2, 0) is 6.54 Å². The summed E-state index contributed by atoms with van der Waals surface area (Å²) in [7, 11) is 0. The van der Waals surface area contributed by atoms with Crippen LogP contribution in [0.1, 0.15) is 23.9 Å². The molecule has 5 rings (SSSR count). The topological polar surface area (TPSA) is 80.9 Å². The van der Waals surface area contributed by atoms with E-state index in [9.17, 15) is 5.11 Å². The van der Waals surface area contributed by atoms with E-state index in [1.165, 1.54) is 0 Å². The van der Waals surface area contributed by atoms with Crippen LogP contribution in [0.5, 0.6) is 11.5 Å². The molecule has 2 atom stereocenters. The van der Waals surface area contributed by atoms with Crippen molar-refractivity contribution in [1.82, 2.24) is 15.0 Å². The minimum absolute atomic E-state index is 0.138. The molecule has 2 aliphatic heterocycles. The predicted octanol–water partition coefficient (Wildman–Crippen LogP) is 3.43. The Balaban J connectivity index is 1.38. The van der Waals surface area contributed by atoms with E-state index in [4.69, 9.17) is 25.6 Å². The maximum absolute atomic E-state index is 10.2. The first-order chi connectivity index (χ1) is 13.7. The molecule has 0 amide bonds. The molecule has 0 bridgehead atoms. The zero-order valence-corrected chi connectivity index (χ0v) is 15.7. The van der Waals surface area contributed by atoms with E-state index in [1.807, 2.05) is 42.5 Å². The molecule has 1 fully saturated rings. The van der Waals surface area contributed by atoms with Crippen molar-refractivity contribution in [1.29, 1.82) is 0 Å². The average molecular weight is 400 g/mol. The second-order valence-corrected chi connectivity index (χ2v) is 7.42. The summed E-state index contributed by atoms with van der Waals surface area (Å²) in [4.78, 5) is 6.72. The third-order valence-corrected chi connectivity index (χ3v) is 5.29. The van der Waals surface area contributed by atoms with Gasteiger partial charge in [0.05, 0.1) is 12.1 Å². The Hall–Kier alpha value is -2.61. The van der Waals surface area contributed by atoms with Gasteiger partial charge in [-0.3, -0.25) is 4.90 Å². The highest BCUT2D eigenvalue weighted by Crippen LogP contribution is 2.37. The number of hydrogen-bond donors (Lipinski definition) is 1. The van der Waals surface area contributed by atoms with Gasteiger partial charge in [-0.25, -0.2) is 0 Å². The molecule has 144 valence electrons. The molecule has 8 heteroatoms. The lowest BCUT2D eigenvalue weighted by molar-refractivity contribution is 0.169. The zero-order chi connectivity index (χ0) is 19.1. The van der Waals surface area contributed by atoms with Gasteiger partial charge < -0.3 is 19.1 Å². The fraction of sp³-hybridized carbons (Fsp3) is 0.300. The van der Waals surface area contributed by atoms with Gasteiger partial charge in [0.25, 0.3) is 0 Å². The van der Waals surface area contributed by atoms with Gasteiger partial charge in [0.1, 0.15) is 0 Å². The molecule has 0 aliphatic carbocycles. The van der Waals surface area contributed by atoms with E-state index in [0.29, 0.717) is 47.7 Å². The molecule has 3 aromatic rings. The Morgan fingerprint density at radius 3 is 2.79 bits per heavy atom. The second kappa shape index (κ2) is 7.09. The first kappa shape index (κ1) is 17.5. The Labute approximate surface area is 166 Å². The molecular weight excluding hydrogens is 382 g/mol. The smallest absolute Gasteiger partial charge is 0.244 e.